The first-order valence-corrected chi connectivity index (χ1v) is 12.7. The fourth-order valence-electron chi connectivity index (χ4n) is 4.45. The molecule has 2 heterocycles. The predicted octanol–water partition coefficient (Wildman–Crippen LogP) is 4.69. The van der Waals surface area contributed by atoms with Crippen LogP contribution in [0.3, 0.4) is 0 Å². The van der Waals surface area contributed by atoms with Crippen molar-refractivity contribution >= 4 is 23.3 Å². The first-order chi connectivity index (χ1) is 18.3. The quantitative estimate of drug-likeness (QED) is 0.551. The molecule has 39 heavy (non-hydrogen) atoms. The summed E-state index contributed by atoms with van der Waals surface area (Å²) in [5.74, 6) is 0.191. The molecule has 3 rings (SSSR count). The molecule has 0 unspecified atom stereocenters. The van der Waals surface area contributed by atoms with Crippen molar-refractivity contribution in [2.75, 3.05) is 51.0 Å². The van der Waals surface area contributed by atoms with Crippen LogP contribution in [0.2, 0.25) is 0 Å². The first-order valence-electron chi connectivity index (χ1n) is 12.7. The van der Waals surface area contributed by atoms with Gasteiger partial charge in [-0.15, -0.1) is 0 Å². The molecule has 10 nitrogen and oxygen atoms in total. The number of fused-ring (bicyclic) bond motifs is 1. The lowest BCUT2D eigenvalue weighted by Crippen LogP contribution is -2.47. The molecule has 0 spiro atoms. The van der Waals surface area contributed by atoms with Gasteiger partial charge in [0.25, 0.3) is 5.91 Å². The van der Waals surface area contributed by atoms with Gasteiger partial charge in [0.2, 0.25) is 0 Å². The highest BCUT2D eigenvalue weighted by Crippen LogP contribution is 2.28. The summed E-state index contributed by atoms with van der Waals surface area (Å²) >= 11 is 0. The Balaban J connectivity index is 1.87. The average Bonchev–Trinajstić information content (AvgIpc) is 3.18. The van der Waals surface area contributed by atoms with E-state index in [0.29, 0.717) is 29.4 Å². The molecule has 1 aliphatic rings. The fraction of sp³-hybridized carbons (Fsp3) is 0.577. The Labute approximate surface area is 225 Å². The van der Waals surface area contributed by atoms with E-state index in [2.05, 4.69) is 15.8 Å². The average molecular weight is 556 g/mol. The Morgan fingerprint density at radius 3 is 2.54 bits per heavy atom. The molecule has 3 amide bonds. The second-order valence-electron chi connectivity index (χ2n) is 9.95. The van der Waals surface area contributed by atoms with Gasteiger partial charge < -0.3 is 29.5 Å². The molecule has 0 fully saturated rings. The molecule has 0 saturated carbocycles. The lowest BCUT2D eigenvalue weighted by molar-refractivity contribution is -0.140. The molecule has 2 aromatic rings. The van der Waals surface area contributed by atoms with Crippen LogP contribution in [-0.4, -0.2) is 85.6 Å². The lowest BCUT2D eigenvalue weighted by atomic mass is 10.0. The number of methoxy groups -OCH3 is 1. The zero-order valence-corrected chi connectivity index (χ0v) is 23.0. The summed E-state index contributed by atoms with van der Waals surface area (Å²) in [6.07, 6.45) is -5.64. The third kappa shape index (κ3) is 8.09. The maximum absolute atomic E-state index is 13.5. The SMILES string of the molecule is CO[C@@H]1CN(C)C(=O)c2cc(NC(=O)Nc3c(C)noc3C)ccc2OC[C@H](C)N(CCC(F)(F)F)C[C@H]1C. The van der Waals surface area contributed by atoms with Crippen molar-refractivity contribution in [2.45, 2.75) is 52.4 Å². The van der Waals surface area contributed by atoms with Gasteiger partial charge in [-0.2, -0.15) is 13.2 Å². The van der Waals surface area contributed by atoms with E-state index in [-0.39, 0.29) is 48.9 Å². The number of urea groups is 1. The summed E-state index contributed by atoms with van der Waals surface area (Å²) in [5.41, 5.74) is 1.50. The van der Waals surface area contributed by atoms with Crippen LogP contribution in [-0.2, 0) is 4.74 Å². The van der Waals surface area contributed by atoms with Crippen LogP contribution < -0.4 is 15.4 Å². The van der Waals surface area contributed by atoms with Gasteiger partial charge in [-0.1, -0.05) is 12.1 Å². The van der Waals surface area contributed by atoms with Crippen molar-refractivity contribution in [2.24, 2.45) is 5.92 Å². The van der Waals surface area contributed by atoms with Gasteiger partial charge in [0.05, 0.1) is 18.1 Å². The standard InChI is InChI=1S/C26H36F3N5O5/c1-15-12-34(10-9-26(27,28)29)16(2)14-38-21-8-7-19(11-20(21)24(35)33(5)13-22(15)37-6)30-25(36)31-23-17(3)32-39-18(23)4/h7-8,11,15-16,22H,9-10,12-14H2,1-6H3,(H2,30,31,36)/t15-,16+,22-/m1/s1. The highest BCUT2D eigenvalue weighted by atomic mass is 19.4. The number of aryl methyl sites for hydroxylation is 2. The molecule has 1 aromatic carbocycles. The zero-order valence-electron chi connectivity index (χ0n) is 23.0. The van der Waals surface area contributed by atoms with Crippen molar-refractivity contribution in [3.63, 3.8) is 0 Å². The van der Waals surface area contributed by atoms with Gasteiger partial charge in [0.1, 0.15) is 23.7 Å². The van der Waals surface area contributed by atoms with Gasteiger partial charge in [0, 0.05) is 45.5 Å². The van der Waals surface area contributed by atoms with Crippen LogP contribution >= 0.6 is 0 Å². The number of rotatable bonds is 5. The monoisotopic (exact) mass is 555 g/mol. The number of anilines is 2. The molecule has 0 aliphatic carbocycles. The van der Waals surface area contributed by atoms with E-state index in [0.717, 1.165) is 0 Å². The number of carbonyl (C=O) groups is 2. The van der Waals surface area contributed by atoms with E-state index in [1.807, 2.05) is 6.92 Å². The van der Waals surface area contributed by atoms with E-state index in [9.17, 15) is 22.8 Å². The van der Waals surface area contributed by atoms with E-state index >= 15 is 0 Å². The van der Waals surface area contributed by atoms with Crippen LogP contribution in [0.4, 0.5) is 29.3 Å². The number of likely N-dealkylation sites (N-methyl/N-ethyl adjacent to an activating group) is 1. The van der Waals surface area contributed by atoms with Crippen molar-refractivity contribution < 1.29 is 36.8 Å². The molecular formula is C26H36F3N5O5. The number of ether oxygens (including phenoxy) is 2. The Bertz CT molecular complexity index is 1140. The number of hydrogen-bond acceptors (Lipinski definition) is 7. The molecule has 0 saturated heterocycles. The number of carbonyl (C=O) groups excluding carboxylic acids is 2. The maximum Gasteiger partial charge on any atom is 0.390 e. The van der Waals surface area contributed by atoms with Crippen molar-refractivity contribution in [3.8, 4) is 5.75 Å². The largest absolute Gasteiger partial charge is 0.491 e. The highest BCUT2D eigenvalue weighted by molar-refractivity contribution is 6.02. The minimum absolute atomic E-state index is 0.0610. The van der Waals surface area contributed by atoms with E-state index < -0.39 is 24.7 Å². The molecule has 3 atom stereocenters. The number of halogens is 3. The number of amides is 3. The third-order valence-corrected chi connectivity index (χ3v) is 6.79. The summed E-state index contributed by atoms with van der Waals surface area (Å²) in [4.78, 5) is 29.3. The molecule has 1 aromatic heterocycles. The number of nitrogens with one attached hydrogen (secondary N) is 2. The maximum atomic E-state index is 13.5. The van der Waals surface area contributed by atoms with Gasteiger partial charge in [-0.05, 0) is 44.9 Å². The topological polar surface area (TPSA) is 109 Å². The number of hydrogen-bond donors (Lipinski definition) is 2. The van der Waals surface area contributed by atoms with Crippen LogP contribution in [0.25, 0.3) is 0 Å². The molecule has 0 radical (unpaired) electrons. The number of nitrogens with zero attached hydrogens (tertiary/aromatic N) is 3. The van der Waals surface area contributed by atoms with Gasteiger partial charge in [-0.25, -0.2) is 4.79 Å². The van der Waals surface area contributed by atoms with Crippen LogP contribution in [0.1, 0.15) is 42.1 Å². The summed E-state index contributed by atoms with van der Waals surface area (Å²) in [5, 5.41) is 9.18. The Morgan fingerprint density at radius 2 is 1.92 bits per heavy atom. The Hall–Kier alpha value is -3.32. The molecular weight excluding hydrogens is 519 g/mol. The Morgan fingerprint density at radius 1 is 1.21 bits per heavy atom. The predicted molar refractivity (Wildman–Crippen MR) is 139 cm³/mol. The molecule has 13 heteroatoms. The lowest BCUT2D eigenvalue weighted by Gasteiger charge is -2.36. The third-order valence-electron chi connectivity index (χ3n) is 6.79. The number of aromatic nitrogens is 1. The summed E-state index contributed by atoms with van der Waals surface area (Å²) < 4.78 is 55.7. The second kappa shape index (κ2) is 12.7. The molecule has 2 N–H and O–H groups in total. The minimum Gasteiger partial charge on any atom is -0.491 e. The summed E-state index contributed by atoms with van der Waals surface area (Å²) in [6.45, 7) is 7.48. The number of benzene rings is 1. The van der Waals surface area contributed by atoms with E-state index in [4.69, 9.17) is 14.0 Å². The van der Waals surface area contributed by atoms with Crippen molar-refractivity contribution in [3.05, 3.63) is 35.2 Å². The minimum atomic E-state index is -4.28. The summed E-state index contributed by atoms with van der Waals surface area (Å²) in [6, 6.07) is 3.72. The Kier molecular flexibility index (Phi) is 9.83. The van der Waals surface area contributed by atoms with Gasteiger partial charge in [-0.3, -0.25) is 9.69 Å². The van der Waals surface area contributed by atoms with E-state index in [1.54, 1.807) is 44.9 Å². The number of alkyl halides is 3. The first kappa shape index (κ1) is 30.2. The smallest absolute Gasteiger partial charge is 0.390 e. The highest BCUT2D eigenvalue weighted by Gasteiger charge is 2.32. The fourth-order valence-corrected chi connectivity index (χ4v) is 4.45. The van der Waals surface area contributed by atoms with Gasteiger partial charge >= 0.3 is 12.2 Å². The zero-order chi connectivity index (χ0) is 28.9. The van der Waals surface area contributed by atoms with Crippen LogP contribution in [0.5, 0.6) is 5.75 Å². The normalized spacial score (nSPS) is 21.4. The van der Waals surface area contributed by atoms with Crippen molar-refractivity contribution in [1.82, 2.24) is 15.0 Å². The van der Waals surface area contributed by atoms with Crippen LogP contribution in [0, 0.1) is 19.8 Å². The molecule has 0 bridgehead atoms. The molecule has 216 valence electrons. The van der Waals surface area contributed by atoms with E-state index in [1.165, 1.54) is 18.1 Å². The van der Waals surface area contributed by atoms with Crippen molar-refractivity contribution in [1.29, 1.82) is 0 Å². The second-order valence-corrected chi connectivity index (χ2v) is 9.95. The summed E-state index contributed by atoms with van der Waals surface area (Å²) in [7, 11) is 3.14. The molecule has 1 aliphatic heterocycles. The van der Waals surface area contributed by atoms with Gasteiger partial charge in [0.15, 0.2) is 5.76 Å². The van der Waals surface area contributed by atoms with Crippen LogP contribution in [0.15, 0.2) is 22.7 Å².